The summed E-state index contributed by atoms with van der Waals surface area (Å²) in [5.41, 5.74) is 0.200. The van der Waals surface area contributed by atoms with Gasteiger partial charge in [0.2, 0.25) is 0 Å². The minimum absolute atomic E-state index is 0.120. The van der Waals surface area contributed by atoms with Gasteiger partial charge < -0.3 is 40.3 Å². The lowest BCUT2D eigenvalue weighted by atomic mass is 9.99. The second-order valence-corrected chi connectivity index (χ2v) is 11.0. The molecule has 3 atom stereocenters. The van der Waals surface area contributed by atoms with E-state index in [1.807, 2.05) is 6.92 Å². The molecule has 0 fully saturated rings. The quantitative estimate of drug-likeness (QED) is 0.248. The van der Waals surface area contributed by atoms with Crippen LogP contribution in [-0.4, -0.2) is 78.9 Å². The molecule has 14 heteroatoms. The normalized spacial score (nSPS) is 17.0. The van der Waals surface area contributed by atoms with Crippen molar-refractivity contribution in [1.29, 1.82) is 0 Å². The Morgan fingerprint density at radius 3 is 2.22 bits per heavy atom. The van der Waals surface area contributed by atoms with Crippen LogP contribution in [0.15, 0.2) is 66.7 Å². The van der Waals surface area contributed by atoms with Gasteiger partial charge in [0.1, 0.15) is 17.6 Å². The van der Waals surface area contributed by atoms with E-state index in [2.05, 4.69) is 16.0 Å². The summed E-state index contributed by atoms with van der Waals surface area (Å²) in [7, 11) is 3.17. The summed E-state index contributed by atoms with van der Waals surface area (Å²) < 4.78 is 50.0. The van der Waals surface area contributed by atoms with E-state index in [9.17, 15) is 32.7 Å². The van der Waals surface area contributed by atoms with Crippen molar-refractivity contribution < 1.29 is 42.1 Å². The van der Waals surface area contributed by atoms with Crippen molar-refractivity contribution in [3.8, 4) is 11.5 Å². The summed E-state index contributed by atoms with van der Waals surface area (Å²) in [5.74, 6) is 0.180. The van der Waals surface area contributed by atoms with Crippen molar-refractivity contribution in [1.82, 2.24) is 9.80 Å². The Morgan fingerprint density at radius 1 is 1.02 bits per heavy atom. The Hall–Kier alpha value is -4.98. The molecule has 3 aromatic carbocycles. The lowest BCUT2D eigenvalue weighted by molar-refractivity contribution is -0.137. The van der Waals surface area contributed by atoms with Gasteiger partial charge in [-0.2, -0.15) is 13.2 Å². The fourth-order valence-electron chi connectivity index (χ4n) is 4.80. The van der Waals surface area contributed by atoms with Crippen LogP contribution in [0, 0.1) is 5.92 Å². The summed E-state index contributed by atoms with van der Waals surface area (Å²) in [6.07, 6.45) is -5.07. The van der Waals surface area contributed by atoms with Crippen LogP contribution in [0.25, 0.3) is 0 Å². The van der Waals surface area contributed by atoms with Crippen LogP contribution >= 0.6 is 0 Å². The highest BCUT2D eigenvalue weighted by Crippen LogP contribution is 2.32. The lowest BCUT2D eigenvalue weighted by Crippen LogP contribution is -2.50. The Morgan fingerprint density at radius 2 is 1.61 bits per heavy atom. The number of fused-ring (bicyclic) bond motifs is 1. The largest absolute Gasteiger partial charge is 0.497 e. The maximum atomic E-state index is 13.7. The first-order valence-corrected chi connectivity index (χ1v) is 14.4. The number of hydrogen-bond acceptors (Lipinski definition) is 6. The molecule has 4 N–H and O–H groups in total. The molecule has 0 bridgehead atoms. The van der Waals surface area contributed by atoms with Crippen LogP contribution in [0.2, 0.25) is 0 Å². The zero-order valence-corrected chi connectivity index (χ0v) is 25.7. The van der Waals surface area contributed by atoms with Gasteiger partial charge in [0.05, 0.1) is 37.4 Å². The molecule has 1 aliphatic heterocycles. The molecule has 1 aliphatic rings. The number of anilines is 3. The standard InChI is InChI=1S/C32H36F3N5O6/c1-19-16-40(20(2)18-41)29(42)26-15-24(37-30(43)36-22-7-5-21(6-8-22)32(33,34)35)11-14-27(26)46-28(19)17-39(3)31(44)38-23-9-12-25(45-4)13-10-23/h5-15,19-20,28,41H,16-18H2,1-4H3,(H,38,44)(H2,36,37,43)/t19-,20+,28+/m1/s1. The second-order valence-electron chi connectivity index (χ2n) is 11.0. The average molecular weight is 644 g/mol. The molecule has 0 aromatic heterocycles. The van der Waals surface area contributed by atoms with Gasteiger partial charge in [-0.15, -0.1) is 0 Å². The number of nitrogens with one attached hydrogen (secondary N) is 3. The number of likely N-dealkylation sites (N-methyl/N-ethyl adjacent to an activating group) is 1. The third-order valence-corrected chi connectivity index (χ3v) is 7.53. The van der Waals surface area contributed by atoms with E-state index < -0.39 is 35.8 Å². The van der Waals surface area contributed by atoms with Gasteiger partial charge in [-0.3, -0.25) is 4.79 Å². The van der Waals surface area contributed by atoms with E-state index in [-0.39, 0.29) is 54.3 Å². The van der Waals surface area contributed by atoms with Crippen LogP contribution in [0.1, 0.15) is 29.8 Å². The first kappa shape index (κ1) is 33.9. The van der Waals surface area contributed by atoms with E-state index in [4.69, 9.17) is 9.47 Å². The zero-order chi connectivity index (χ0) is 33.6. The molecule has 0 saturated heterocycles. The Labute approximate surface area is 264 Å². The maximum Gasteiger partial charge on any atom is 0.416 e. The van der Waals surface area contributed by atoms with Gasteiger partial charge in [-0.05, 0) is 73.7 Å². The summed E-state index contributed by atoms with van der Waals surface area (Å²) >= 11 is 0. The average Bonchev–Trinajstić information content (AvgIpc) is 3.02. The number of aliphatic hydroxyl groups excluding tert-OH is 1. The van der Waals surface area contributed by atoms with Gasteiger partial charge >= 0.3 is 18.2 Å². The van der Waals surface area contributed by atoms with Crippen molar-refractivity contribution >= 4 is 35.0 Å². The topological polar surface area (TPSA) is 132 Å². The molecule has 246 valence electrons. The van der Waals surface area contributed by atoms with Crippen LogP contribution in [0.5, 0.6) is 11.5 Å². The number of methoxy groups -OCH3 is 1. The molecular weight excluding hydrogens is 607 g/mol. The van der Waals surface area contributed by atoms with Gasteiger partial charge in [-0.1, -0.05) is 6.92 Å². The number of urea groups is 2. The van der Waals surface area contributed by atoms with Gasteiger partial charge in [0, 0.05) is 36.6 Å². The fourth-order valence-corrected chi connectivity index (χ4v) is 4.80. The number of aliphatic hydroxyl groups is 1. The first-order valence-electron chi connectivity index (χ1n) is 14.4. The van der Waals surface area contributed by atoms with E-state index in [1.165, 1.54) is 28.0 Å². The van der Waals surface area contributed by atoms with Gasteiger partial charge in [-0.25, -0.2) is 9.59 Å². The number of ether oxygens (including phenoxy) is 2. The van der Waals surface area contributed by atoms with Crippen molar-refractivity contribution in [2.45, 2.75) is 32.2 Å². The molecule has 0 saturated carbocycles. The molecule has 0 aliphatic carbocycles. The minimum atomic E-state index is -4.51. The number of hydrogen-bond donors (Lipinski definition) is 4. The van der Waals surface area contributed by atoms with E-state index >= 15 is 0 Å². The molecule has 4 rings (SSSR count). The number of nitrogens with zero attached hydrogens (tertiary/aromatic N) is 2. The van der Waals surface area contributed by atoms with Crippen LogP contribution in [-0.2, 0) is 6.18 Å². The number of amides is 5. The number of benzene rings is 3. The number of carbonyl (C=O) groups is 3. The van der Waals surface area contributed by atoms with E-state index in [1.54, 1.807) is 45.3 Å². The molecule has 3 aromatic rings. The first-order chi connectivity index (χ1) is 21.8. The monoisotopic (exact) mass is 643 g/mol. The maximum absolute atomic E-state index is 13.7. The summed E-state index contributed by atoms with van der Waals surface area (Å²) in [4.78, 5) is 42.3. The molecule has 0 radical (unpaired) electrons. The van der Waals surface area contributed by atoms with Crippen molar-refractivity contribution in [2.24, 2.45) is 5.92 Å². The number of halogens is 3. The van der Waals surface area contributed by atoms with Crippen LogP contribution < -0.4 is 25.4 Å². The Balaban J connectivity index is 1.51. The van der Waals surface area contributed by atoms with E-state index in [0.29, 0.717) is 11.4 Å². The Bertz CT molecular complexity index is 1530. The van der Waals surface area contributed by atoms with Gasteiger partial charge in [0.25, 0.3) is 5.91 Å². The van der Waals surface area contributed by atoms with Crippen molar-refractivity contribution in [3.05, 3.63) is 77.9 Å². The number of alkyl halides is 3. The fraction of sp³-hybridized carbons (Fsp3) is 0.344. The zero-order valence-electron chi connectivity index (χ0n) is 25.7. The second kappa shape index (κ2) is 14.4. The summed E-state index contributed by atoms with van der Waals surface area (Å²) in [6.45, 7) is 3.67. The minimum Gasteiger partial charge on any atom is -0.497 e. The Kier molecular flexibility index (Phi) is 10.6. The highest BCUT2D eigenvalue weighted by Gasteiger charge is 2.34. The molecule has 0 unspecified atom stereocenters. The SMILES string of the molecule is COc1ccc(NC(=O)N(C)C[C@@H]2Oc3ccc(NC(=O)Nc4ccc(C(F)(F)F)cc4)cc3C(=O)N([C@@H](C)CO)C[C@H]2C)cc1. The van der Waals surface area contributed by atoms with Gasteiger partial charge in [0.15, 0.2) is 0 Å². The van der Waals surface area contributed by atoms with Crippen molar-refractivity contribution in [3.63, 3.8) is 0 Å². The molecular formula is C32H36F3N5O6. The lowest BCUT2D eigenvalue weighted by Gasteiger charge is -2.38. The smallest absolute Gasteiger partial charge is 0.416 e. The molecule has 5 amide bonds. The summed E-state index contributed by atoms with van der Waals surface area (Å²) in [5, 5.41) is 17.8. The van der Waals surface area contributed by atoms with Crippen LogP contribution in [0.3, 0.4) is 0 Å². The van der Waals surface area contributed by atoms with Crippen LogP contribution in [0.4, 0.5) is 39.8 Å². The van der Waals surface area contributed by atoms with E-state index in [0.717, 1.165) is 24.3 Å². The molecule has 1 heterocycles. The third-order valence-electron chi connectivity index (χ3n) is 7.53. The molecule has 0 spiro atoms. The van der Waals surface area contributed by atoms with Crippen molar-refractivity contribution in [2.75, 3.05) is 49.8 Å². The number of rotatable bonds is 8. The highest BCUT2D eigenvalue weighted by atomic mass is 19.4. The number of carbonyl (C=O) groups excluding carboxylic acids is 3. The molecule has 11 nitrogen and oxygen atoms in total. The third kappa shape index (κ3) is 8.38. The highest BCUT2D eigenvalue weighted by molar-refractivity contribution is 6.02. The predicted molar refractivity (Wildman–Crippen MR) is 166 cm³/mol. The summed E-state index contributed by atoms with van der Waals surface area (Å²) in [6, 6.07) is 13.6. The predicted octanol–water partition coefficient (Wildman–Crippen LogP) is 5.74. The molecule has 46 heavy (non-hydrogen) atoms.